The molecule has 1 atom stereocenters. The zero-order chi connectivity index (χ0) is 13.8. The second-order valence-corrected chi connectivity index (χ2v) is 4.43. The molecule has 0 saturated carbocycles. The molecular formula is C15H16N4. The molecule has 2 rings (SSSR count). The SMILES string of the molecule is C[C@H](N)c1cccnc1N(C)c1cccc(C#N)c1. The molecule has 0 unspecified atom stereocenters. The number of aromatic nitrogens is 1. The van der Waals surface area contributed by atoms with E-state index in [-0.39, 0.29) is 6.04 Å². The monoisotopic (exact) mass is 252 g/mol. The van der Waals surface area contributed by atoms with Crippen molar-refractivity contribution >= 4 is 11.5 Å². The highest BCUT2D eigenvalue weighted by Crippen LogP contribution is 2.28. The zero-order valence-electron chi connectivity index (χ0n) is 11.0. The van der Waals surface area contributed by atoms with Crippen molar-refractivity contribution in [3.63, 3.8) is 0 Å². The van der Waals surface area contributed by atoms with Gasteiger partial charge in [-0.25, -0.2) is 4.98 Å². The minimum absolute atomic E-state index is 0.0923. The van der Waals surface area contributed by atoms with E-state index in [0.717, 1.165) is 17.1 Å². The lowest BCUT2D eigenvalue weighted by molar-refractivity contribution is 0.807. The average molecular weight is 252 g/mol. The standard InChI is InChI=1S/C15H16N4/c1-11(17)14-7-4-8-18-15(14)19(2)13-6-3-5-12(9-13)10-16/h3-9,11H,17H2,1-2H3/t11-/m0/s1. The summed E-state index contributed by atoms with van der Waals surface area (Å²) in [6.45, 7) is 1.93. The van der Waals surface area contributed by atoms with Crippen LogP contribution < -0.4 is 10.6 Å². The van der Waals surface area contributed by atoms with Gasteiger partial charge >= 0.3 is 0 Å². The summed E-state index contributed by atoms with van der Waals surface area (Å²) < 4.78 is 0. The fraction of sp³-hybridized carbons (Fsp3) is 0.200. The van der Waals surface area contributed by atoms with Gasteiger partial charge in [0.05, 0.1) is 11.6 Å². The topological polar surface area (TPSA) is 65.9 Å². The van der Waals surface area contributed by atoms with Crippen molar-refractivity contribution in [1.29, 1.82) is 5.26 Å². The second kappa shape index (κ2) is 5.51. The highest BCUT2D eigenvalue weighted by molar-refractivity contribution is 5.64. The van der Waals surface area contributed by atoms with Crippen molar-refractivity contribution in [3.8, 4) is 6.07 Å². The third kappa shape index (κ3) is 2.72. The maximum atomic E-state index is 8.95. The van der Waals surface area contributed by atoms with Crippen molar-refractivity contribution in [3.05, 3.63) is 53.7 Å². The van der Waals surface area contributed by atoms with E-state index in [1.807, 2.05) is 49.2 Å². The van der Waals surface area contributed by atoms with Crippen molar-refractivity contribution in [2.75, 3.05) is 11.9 Å². The van der Waals surface area contributed by atoms with Crippen LogP contribution >= 0.6 is 0 Å². The molecule has 2 N–H and O–H groups in total. The molecular weight excluding hydrogens is 236 g/mol. The molecule has 0 amide bonds. The van der Waals surface area contributed by atoms with Gasteiger partial charge in [0.1, 0.15) is 5.82 Å². The summed E-state index contributed by atoms with van der Waals surface area (Å²) in [7, 11) is 1.92. The smallest absolute Gasteiger partial charge is 0.137 e. The van der Waals surface area contributed by atoms with E-state index in [1.165, 1.54) is 0 Å². The van der Waals surface area contributed by atoms with E-state index in [9.17, 15) is 0 Å². The van der Waals surface area contributed by atoms with Crippen LogP contribution in [0.5, 0.6) is 0 Å². The van der Waals surface area contributed by atoms with Gasteiger partial charge in [0.2, 0.25) is 0 Å². The summed E-state index contributed by atoms with van der Waals surface area (Å²) in [5.41, 5.74) is 8.49. The average Bonchev–Trinajstić information content (AvgIpc) is 2.46. The Labute approximate surface area is 113 Å². The summed E-state index contributed by atoms with van der Waals surface area (Å²) in [4.78, 5) is 6.34. The number of nitrogens with two attached hydrogens (primary N) is 1. The van der Waals surface area contributed by atoms with Crippen LogP contribution in [0.15, 0.2) is 42.6 Å². The summed E-state index contributed by atoms with van der Waals surface area (Å²) in [6, 6.07) is 13.3. The van der Waals surface area contributed by atoms with Crippen molar-refractivity contribution < 1.29 is 0 Å². The Kier molecular flexibility index (Phi) is 3.79. The van der Waals surface area contributed by atoms with Crippen molar-refractivity contribution in [1.82, 2.24) is 4.98 Å². The maximum Gasteiger partial charge on any atom is 0.137 e. The number of benzene rings is 1. The maximum absolute atomic E-state index is 8.95. The lowest BCUT2D eigenvalue weighted by Crippen LogP contribution is -2.17. The molecule has 0 aliphatic rings. The zero-order valence-corrected chi connectivity index (χ0v) is 11.0. The van der Waals surface area contributed by atoms with E-state index in [0.29, 0.717) is 5.56 Å². The number of nitriles is 1. The van der Waals surface area contributed by atoms with E-state index < -0.39 is 0 Å². The van der Waals surface area contributed by atoms with E-state index in [1.54, 1.807) is 12.3 Å². The van der Waals surface area contributed by atoms with Crippen molar-refractivity contribution in [2.45, 2.75) is 13.0 Å². The predicted molar refractivity (Wildman–Crippen MR) is 76.1 cm³/mol. The first-order valence-corrected chi connectivity index (χ1v) is 6.08. The molecule has 0 aliphatic carbocycles. The van der Waals surface area contributed by atoms with Crippen molar-refractivity contribution in [2.24, 2.45) is 5.73 Å². The number of anilines is 2. The summed E-state index contributed by atoms with van der Waals surface area (Å²) >= 11 is 0. The fourth-order valence-electron chi connectivity index (χ4n) is 1.95. The Balaban J connectivity index is 2.44. The molecule has 1 aromatic heterocycles. The van der Waals surface area contributed by atoms with Gasteiger partial charge in [0.15, 0.2) is 0 Å². The lowest BCUT2D eigenvalue weighted by Gasteiger charge is -2.22. The molecule has 4 heteroatoms. The van der Waals surface area contributed by atoms with Gasteiger partial charge in [0, 0.05) is 30.5 Å². The normalized spacial score (nSPS) is 11.7. The van der Waals surface area contributed by atoms with Gasteiger partial charge < -0.3 is 10.6 Å². The third-order valence-corrected chi connectivity index (χ3v) is 2.99. The van der Waals surface area contributed by atoms with Crippen LogP contribution in [0.1, 0.15) is 24.1 Å². The summed E-state index contributed by atoms with van der Waals surface area (Å²) in [5, 5.41) is 8.95. The molecule has 4 nitrogen and oxygen atoms in total. The second-order valence-electron chi connectivity index (χ2n) is 4.43. The van der Waals surface area contributed by atoms with Gasteiger partial charge in [-0.15, -0.1) is 0 Å². The number of nitrogens with zero attached hydrogens (tertiary/aromatic N) is 3. The minimum atomic E-state index is -0.0923. The first-order valence-electron chi connectivity index (χ1n) is 6.08. The minimum Gasteiger partial charge on any atom is -0.329 e. The van der Waals surface area contributed by atoms with Gasteiger partial charge in [-0.05, 0) is 31.2 Å². The van der Waals surface area contributed by atoms with Gasteiger partial charge in [0.25, 0.3) is 0 Å². The number of pyridine rings is 1. The Hall–Kier alpha value is -2.38. The Morgan fingerprint density at radius 1 is 1.32 bits per heavy atom. The van der Waals surface area contributed by atoms with Crippen LogP contribution in [-0.2, 0) is 0 Å². The van der Waals surface area contributed by atoms with E-state index >= 15 is 0 Å². The van der Waals surface area contributed by atoms with Crippen LogP contribution in [0.2, 0.25) is 0 Å². The number of hydrogen-bond acceptors (Lipinski definition) is 4. The van der Waals surface area contributed by atoms with Gasteiger partial charge in [-0.2, -0.15) is 5.26 Å². The van der Waals surface area contributed by atoms with E-state index in [4.69, 9.17) is 11.0 Å². The first kappa shape index (κ1) is 13.1. The Morgan fingerprint density at radius 3 is 2.79 bits per heavy atom. The molecule has 1 aromatic carbocycles. The van der Waals surface area contributed by atoms with Crippen LogP contribution in [0.3, 0.4) is 0 Å². The van der Waals surface area contributed by atoms with Crippen LogP contribution in [0.4, 0.5) is 11.5 Å². The number of rotatable bonds is 3. The van der Waals surface area contributed by atoms with Gasteiger partial charge in [-0.1, -0.05) is 12.1 Å². The lowest BCUT2D eigenvalue weighted by atomic mass is 10.1. The highest BCUT2D eigenvalue weighted by atomic mass is 15.2. The molecule has 0 saturated heterocycles. The molecule has 2 aromatic rings. The molecule has 0 spiro atoms. The molecule has 0 fully saturated rings. The molecule has 0 aliphatic heterocycles. The van der Waals surface area contributed by atoms with Crippen LogP contribution in [0.25, 0.3) is 0 Å². The highest BCUT2D eigenvalue weighted by Gasteiger charge is 2.13. The van der Waals surface area contributed by atoms with Crippen LogP contribution in [0, 0.1) is 11.3 Å². The Bertz CT molecular complexity index is 614. The molecule has 0 radical (unpaired) electrons. The molecule has 19 heavy (non-hydrogen) atoms. The molecule has 1 heterocycles. The van der Waals surface area contributed by atoms with E-state index in [2.05, 4.69) is 11.1 Å². The first-order chi connectivity index (χ1) is 9.13. The fourth-order valence-corrected chi connectivity index (χ4v) is 1.95. The molecule has 96 valence electrons. The summed E-state index contributed by atoms with van der Waals surface area (Å²) in [5.74, 6) is 0.813. The predicted octanol–water partition coefficient (Wildman–Crippen LogP) is 2.74. The van der Waals surface area contributed by atoms with Crippen LogP contribution in [-0.4, -0.2) is 12.0 Å². The molecule has 0 bridgehead atoms. The quantitative estimate of drug-likeness (QED) is 0.912. The Morgan fingerprint density at radius 2 is 2.11 bits per heavy atom. The summed E-state index contributed by atoms with van der Waals surface area (Å²) in [6.07, 6.45) is 1.74. The largest absolute Gasteiger partial charge is 0.329 e. The number of hydrogen-bond donors (Lipinski definition) is 1. The third-order valence-electron chi connectivity index (χ3n) is 2.99. The van der Waals surface area contributed by atoms with Gasteiger partial charge in [-0.3, -0.25) is 0 Å².